The highest BCUT2D eigenvalue weighted by atomic mass is 35.5. The molecule has 7 heteroatoms. The summed E-state index contributed by atoms with van der Waals surface area (Å²) in [4.78, 5) is 10.9. The van der Waals surface area contributed by atoms with Crippen LogP contribution in [0.1, 0.15) is 18.1 Å². The van der Waals surface area contributed by atoms with Crippen LogP contribution in [0.4, 0.5) is 4.39 Å². The molecule has 2 rings (SSSR count). The molecule has 0 spiro atoms. The Balaban J connectivity index is 2.21. The number of carbonyl (C=O) groups is 1. The highest BCUT2D eigenvalue weighted by Crippen LogP contribution is 2.32. The summed E-state index contributed by atoms with van der Waals surface area (Å²) in [6, 6.07) is 8.95. The molecule has 0 saturated carbocycles. The van der Waals surface area contributed by atoms with Crippen LogP contribution in [-0.2, 0) is 17.9 Å². The Labute approximate surface area is 150 Å². The minimum atomic E-state index is -0.955. The fraction of sp³-hybridized carbons (Fsp3) is 0.278. The summed E-state index contributed by atoms with van der Waals surface area (Å²) in [6.07, 6.45) is 0. The summed E-state index contributed by atoms with van der Waals surface area (Å²) in [5, 5.41) is 12.1. The SMILES string of the molecule is COc1cccc(CNC(C)C(=O)O)c1OCc1c(F)cccc1Cl. The molecular weight excluding hydrogens is 349 g/mol. The molecule has 2 N–H and O–H groups in total. The van der Waals surface area contributed by atoms with E-state index in [0.29, 0.717) is 17.1 Å². The minimum absolute atomic E-state index is 0.0760. The number of aliphatic carboxylic acids is 1. The molecule has 0 bridgehead atoms. The maximum absolute atomic E-state index is 13.9. The molecule has 1 unspecified atom stereocenters. The molecule has 0 saturated heterocycles. The number of para-hydroxylation sites is 1. The molecule has 0 heterocycles. The maximum atomic E-state index is 13.9. The van der Waals surface area contributed by atoms with Gasteiger partial charge < -0.3 is 19.9 Å². The molecule has 0 radical (unpaired) electrons. The van der Waals surface area contributed by atoms with E-state index in [-0.39, 0.29) is 23.7 Å². The number of carboxylic acids is 1. The van der Waals surface area contributed by atoms with Crippen molar-refractivity contribution in [3.05, 3.63) is 58.4 Å². The van der Waals surface area contributed by atoms with E-state index in [1.807, 2.05) is 0 Å². The van der Waals surface area contributed by atoms with Crippen LogP contribution in [0.5, 0.6) is 11.5 Å². The van der Waals surface area contributed by atoms with E-state index in [9.17, 15) is 9.18 Å². The first-order valence-corrected chi connectivity index (χ1v) is 7.99. The molecular formula is C18H19ClFNO4. The molecule has 0 aliphatic heterocycles. The zero-order valence-electron chi connectivity index (χ0n) is 13.9. The lowest BCUT2D eigenvalue weighted by atomic mass is 10.1. The van der Waals surface area contributed by atoms with Crippen LogP contribution in [-0.4, -0.2) is 24.2 Å². The van der Waals surface area contributed by atoms with Gasteiger partial charge in [0.25, 0.3) is 0 Å². The van der Waals surface area contributed by atoms with Gasteiger partial charge in [0.2, 0.25) is 0 Å². The monoisotopic (exact) mass is 367 g/mol. The number of hydrogen-bond acceptors (Lipinski definition) is 4. The van der Waals surface area contributed by atoms with Crippen LogP contribution in [0.25, 0.3) is 0 Å². The third-order valence-electron chi connectivity index (χ3n) is 3.67. The number of ether oxygens (including phenoxy) is 2. The van der Waals surface area contributed by atoms with Gasteiger partial charge in [-0.05, 0) is 25.1 Å². The molecule has 5 nitrogen and oxygen atoms in total. The van der Waals surface area contributed by atoms with Crippen LogP contribution in [0.2, 0.25) is 5.02 Å². The highest BCUT2D eigenvalue weighted by Gasteiger charge is 2.16. The van der Waals surface area contributed by atoms with Crippen molar-refractivity contribution in [2.75, 3.05) is 7.11 Å². The maximum Gasteiger partial charge on any atom is 0.320 e. The summed E-state index contributed by atoms with van der Waals surface area (Å²) in [5.74, 6) is -0.533. The quantitative estimate of drug-likeness (QED) is 0.745. The van der Waals surface area contributed by atoms with Crippen molar-refractivity contribution in [3.63, 3.8) is 0 Å². The lowest BCUT2D eigenvalue weighted by Crippen LogP contribution is -2.33. The largest absolute Gasteiger partial charge is 0.493 e. The summed E-state index contributed by atoms with van der Waals surface area (Å²) in [6.45, 7) is 1.72. The van der Waals surface area contributed by atoms with E-state index in [0.717, 1.165) is 0 Å². The minimum Gasteiger partial charge on any atom is -0.493 e. The molecule has 0 aliphatic rings. The predicted molar refractivity (Wildman–Crippen MR) is 92.7 cm³/mol. The van der Waals surface area contributed by atoms with Gasteiger partial charge >= 0.3 is 5.97 Å². The second kappa shape index (κ2) is 8.69. The molecule has 0 aromatic heterocycles. The van der Waals surface area contributed by atoms with Crippen LogP contribution in [0.15, 0.2) is 36.4 Å². The summed E-state index contributed by atoms with van der Waals surface area (Å²) < 4.78 is 25.0. The van der Waals surface area contributed by atoms with Crippen molar-refractivity contribution in [1.82, 2.24) is 5.32 Å². The Bertz CT molecular complexity index is 734. The first-order chi connectivity index (χ1) is 11.9. The smallest absolute Gasteiger partial charge is 0.320 e. The topological polar surface area (TPSA) is 67.8 Å². The van der Waals surface area contributed by atoms with Crippen molar-refractivity contribution in [2.45, 2.75) is 26.1 Å². The van der Waals surface area contributed by atoms with Gasteiger partial charge in [0.15, 0.2) is 11.5 Å². The van der Waals surface area contributed by atoms with E-state index in [1.165, 1.54) is 19.2 Å². The van der Waals surface area contributed by atoms with Crippen molar-refractivity contribution < 1.29 is 23.8 Å². The summed E-state index contributed by atoms with van der Waals surface area (Å²) in [7, 11) is 1.50. The third kappa shape index (κ3) is 4.84. The van der Waals surface area contributed by atoms with Gasteiger partial charge in [0, 0.05) is 17.7 Å². The molecule has 0 fully saturated rings. The van der Waals surface area contributed by atoms with Crippen LogP contribution >= 0.6 is 11.6 Å². The zero-order valence-corrected chi connectivity index (χ0v) is 14.6. The van der Waals surface area contributed by atoms with Gasteiger partial charge in [-0.25, -0.2) is 4.39 Å². The predicted octanol–water partition coefficient (Wildman–Crippen LogP) is 3.63. The second-order valence-electron chi connectivity index (χ2n) is 5.38. The van der Waals surface area contributed by atoms with Crippen LogP contribution in [0, 0.1) is 5.82 Å². The Morgan fingerprint density at radius 3 is 2.68 bits per heavy atom. The van der Waals surface area contributed by atoms with Gasteiger partial charge in [-0.3, -0.25) is 4.79 Å². The second-order valence-corrected chi connectivity index (χ2v) is 5.79. The number of methoxy groups -OCH3 is 1. The van der Waals surface area contributed by atoms with Crippen molar-refractivity contribution >= 4 is 17.6 Å². The molecule has 1 atom stereocenters. The number of carboxylic acid groups (broad SMARTS) is 1. The van der Waals surface area contributed by atoms with Crippen molar-refractivity contribution in [1.29, 1.82) is 0 Å². The molecule has 25 heavy (non-hydrogen) atoms. The third-order valence-corrected chi connectivity index (χ3v) is 4.03. The molecule has 0 amide bonds. The van der Waals surface area contributed by atoms with E-state index in [1.54, 1.807) is 31.2 Å². The first kappa shape index (κ1) is 19.0. The summed E-state index contributed by atoms with van der Waals surface area (Å²) in [5.41, 5.74) is 0.938. The van der Waals surface area contributed by atoms with E-state index < -0.39 is 17.8 Å². The Kier molecular flexibility index (Phi) is 6.61. The van der Waals surface area contributed by atoms with Gasteiger partial charge in [-0.2, -0.15) is 0 Å². The Morgan fingerprint density at radius 2 is 2.04 bits per heavy atom. The van der Waals surface area contributed by atoms with Gasteiger partial charge in [-0.1, -0.05) is 29.8 Å². The van der Waals surface area contributed by atoms with Gasteiger partial charge in [0.1, 0.15) is 18.5 Å². The van der Waals surface area contributed by atoms with E-state index in [2.05, 4.69) is 5.32 Å². The van der Waals surface area contributed by atoms with Gasteiger partial charge in [0.05, 0.1) is 12.1 Å². The Morgan fingerprint density at radius 1 is 1.32 bits per heavy atom. The highest BCUT2D eigenvalue weighted by molar-refractivity contribution is 6.31. The van der Waals surface area contributed by atoms with Crippen LogP contribution < -0.4 is 14.8 Å². The molecule has 0 aliphatic carbocycles. The number of hydrogen-bond donors (Lipinski definition) is 2. The van der Waals surface area contributed by atoms with Crippen LogP contribution in [0.3, 0.4) is 0 Å². The Hall–Kier alpha value is -2.31. The lowest BCUT2D eigenvalue weighted by Gasteiger charge is -2.17. The van der Waals surface area contributed by atoms with Crippen molar-refractivity contribution in [2.24, 2.45) is 0 Å². The fourth-order valence-electron chi connectivity index (χ4n) is 2.19. The van der Waals surface area contributed by atoms with E-state index >= 15 is 0 Å². The summed E-state index contributed by atoms with van der Waals surface area (Å²) >= 11 is 6.02. The standard InChI is InChI=1S/C18H19ClFNO4/c1-11(18(22)23)21-9-12-5-3-8-16(24-2)17(12)25-10-13-14(19)6-4-7-15(13)20/h3-8,11,21H,9-10H2,1-2H3,(H,22,23). The molecule has 134 valence electrons. The van der Waals surface area contributed by atoms with E-state index in [4.69, 9.17) is 26.2 Å². The number of nitrogens with one attached hydrogen (secondary N) is 1. The number of benzene rings is 2. The number of halogens is 2. The fourth-order valence-corrected chi connectivity index (χ4v) is 2.41. The normalized spacial score (nSPS) is 11.8. The average Bonchev–Trinajstić information content (AvgIpc) is 2.59. The molecule has 2 aromatic rings. The zero-order chi connectivity index (χ0) is 18.4. The average molecular weight is 368 g/mol. The number of rotatable bonds is 8. The lowest BCUT2D eigenvalue weighted by molar-refractivity contribution is -0.139. The van der Waals surface area contributed by atoms with Gasteiger partial charge in [-0.15, -0.1) is 0 Å². The first-order valence-electron chi connectivity index (χ1n) is 7.61. The van der Waals surface area contributed by atoms with Crippen molar-refractivity contribution in [3.8, 4) is 11.5 Å². The molecule has 2 aromatic carbocycles.